The van der Waals surface area contributed by atoms with Crippen LogP contribution in [0, 0.1) is 18.6 Å². The van der Waals surface area contributed by atoms with Gasteiger partial charge in [0.15, 0.2) is 23.1 Å². The average Bonchev–Trinajstić information content (AvgIpc) is 2.42. The topological polar surface area (TPSA) is 35.0 Å². The van der Waals surface area contributed by atoms with Crippen LogP contribution in [0.15, 0.2) is 24.5 Å². The van der Waals surface area contributed by atoms with E-state index in [0.717, 1.165) is 12.1 Å². The van der Waals surface area contributed by atoms with Crippen molar-refractivity contribution in [2.75, 3.05) is 0 Å². The van der Waals surface area contributed by atoms with Gasteiger partial charge in [-0.05, 0) is 31.0 Å². The first-order valence-corrected chi connectivity index (χ1v) is 5.65. The Morgan fingerprint density at radius 2 is 1.57 bits per heavy atom. The first-order chi connectivity index (χ1) is 9.81. The van der Waals surface area contributed by atoms with Crippen LogP contribution in [0.25, 0.3) is 0 Å². The maximum Gasteiger partial charge on any atom is 0.451 e. The molecule has 1 aromatic carbocycles. The average molecular weight is 303 g/mol. The van der Waals surface area contributed by atoms with E-state index in [2.05, 4.69) is 16.9 Å². The van der Waals surface area contributed by atoms with Gasteiger partial charge in [-0.1, -0.05) is 0 Å². The number of halogens is 5. The van der Waals surface area contributed by atoms with Crippen molar-refractivity contribution in [1.29, 1.82) is 0 Å². The standard InChI is InChI=1S/C13H8F5N2O/c1-2-7-3-9(14)11(10(15)4-7)21-8-5-19-12(20-6-8)13(16,17)18/h3-6H,1-2H2. The Kier molecular flexibility index (Phi) is 4.06. The molecular formula is C13H8F5N2O. The van der Waals surface area contributed by atoms with E-state index >= 15 is 0 Å². The van der Waals surface area contributed by atoms with E-state index in [4.69, 9.17) is 4.74 Å². The molecule has 0 spiro atoms. The van der Waals surface area contributed by atoms with E-state index in [0.29, 0.717) is 18.0 Å². The first-order valence-electron chi connectivity index (χ1n) is 5.65. The third-order valence-electron chi connectivity index (χ3n) is 2.45. The van der Waals surface area contributed by atoms with Gasteiger partial charge in [-0.15, -0.1) is 0 Å². The molecule has 0 amide bonds. The Morgan fingerprint density at radius 3 is 2.00 bits per heavy atom. The van der Waals surface area contributed by atoms with Crippen LogP contribution < -0.4 is 4.74 Å². The van der Waals surface area contributed by atoms with Gasteiger partial charge >= 0.3 is 6.18 Å². The van der Waals surface area contributed by atoms with Crippen molar-refractivity contribution in [3.8, 4) is 11.5 Å². The summed E-state index contributed by atoms with van der Waals surface area (Å²) in [5.74, 6) is -4.41. The van der Waals surface area contributed by atoms with E-state index in [1.54, 1.807) is 0 Å². The van der Waals surface area contributed by atoms with Crippen LogP contribution in [-0.2, 0) is 12.6 Å². The van der Waals surface area contributed by atoms with Gasteiger partial charge in [0, 0.05) is 0 Å². The van der Waals surface area contributed by atoms with Crippen LogP contribution in [0.1, 0.15) is 11.4 Å². The lowest BCUT2D eigenvalue weighted by atomic mass is 10.1. The lowest BCUT2D eigenvalue weighted by Gasteiger charge is -2.09. The highest BCUT2D eigenvalue weighted by Crippen LogP contribution is 2.30. The van der Waals surface area contributed by atoms with E-state index in [9.17, 15) is 22.0 Å². The molecule has 0 aliphatic heterocycles. The van der Waals surface area contributed by atoms with Gasteiger partial charge in [-0.3, -0.25) is 0 Å². The number of nitrogens with zero attached hydrogens (tertiary/aromatic N) is 2. The lowest BCUT2D eigenvalue weighted by Crippen LogP contribution is -2.10. The molecule has 8 heteroatoms. The van der Waals surface area contributed by atoms with Crippen LogP contribution in [0.4, 0.5) is 22.0 Å². The van der Waals surface area contributed by atoms with Gasteiger partial charge in [0.25, 0.3) is 0 Å². The zero-order chi connectivity index (χ0) is 15.6. The lowest BCUT2D eigenvalue weighted by molar-refractivity contribution is -0.145. The number of aromatic nitrogens is 2. The molecule has 0 saturated heterocycles. The SMILES string of the molecule is [CH2]Cc1cc(F)c(Oc2cnc(C(F)(F)F)nc2)c(F)c1. The monoisotopic (exact) mass is 303 g/mol. The zero-order valence-electron chi connectivity index (χ0n) is 10.4. The molecule has 1 aromatic heterocycles. The fourth-order valence-corrected chi connectivity index (χ4v) is 1.49. The number of benzene rings is 1. The summed E-state index contributed by atoms with van der Waals surface area (Å²) >= 11 is 0. The van der Waals surface area contributed by atoms with Gasteiger partial charge in [0.2, 0.25) is 5.82 Å². The van der Waals surface area contributed by atoms with Crippen LogP contribution in [0.5, 0.6) is 11.5 Å². The fourth-order valence-electron chi connectivity index (χ4n) is 1.49. The minimum Gasteiger partial charge on any atom is -0.448 e. The Labute approximate surface area is 116 Å². The van der Waals surface area contributed by atoms with Crippen molar-refractivity contribution in [3.05, 3.63) is 54.5 Å². The molecule has 0 aliphatic rings. The third kappa shape index (κ3) is 3.45. The summed E-state index contributed by atoms with van der Waals surface area (Å²) in [7, 11) is 0. The summed E-state index contributed by atoms with van der Waals surface area (Å²) in [5, 5.41) is 0. The van der Waals surface area contributed by atoms with Crippen LogP contribution in [-0.4, -0.2) is 9.97 Å². The maximum atomic E-state index is 13.6. The maximum absolute atomic E-state index is 13.6. The largest absolute Gasteiger partial charge is 0.451 e. The molecule has 1 heterocycles. The summed E-state index contributed by atoms with van der Waals surface area (Å²) in [6.07, 6.45) is -3.16. The van der Waals surface area contributed by atoms with Crippen molar-refractivity contribution in [3.63, 3.8) is 0 Å². The first kappa shape index (κ1) is 15.1. The zero-order valence-corrected chi connectivity index (χ0v) is 10.4. The number of alkyl halides is 3. The minimum absolute atomic E-state index is 0.178. The molecule has 0 unspecified atom stereocenters. The van der Waals surface area contributed by atoms with E-state index in [1.165, 1.54) is 0 Å². The molecule has 3 nitrogen and oxygen atoms in total. The predicted octanol–water partition coefficient (Wildman–Crippen LogP) is 3.94. The number of hydrogen-bond donors (Lipinski definition) is 0. The number of rotatable bonds is 3. The fraction of sp³-hybridized carbons (Fsp3) is 0.154. The smallest absolute Gasteiger partial charge is 0.448 e. The Balaban J connectivity index is 2.26. The Morgan fingerprint density at radius 1 is 1.05 bits per heavy atom. The summed E-state index contributed by atoms with van der Waals surface area (Å²) in [6, 6.07) is 2.05. The Bertz CT molecular complexity index is 617. The molecule has 21 heavy (non-hydrogen) atoms. The highest BCUT2D eigenvalue weighted by atomic mass is 19.4. The third-order valence-corrected chi connectivity index (χ3v) is 2.45. The van der Waals surface area contributed by atoms with Crippen molar-refractivity contribution >= 4 is 0 Å². The number of hydrogen-bond acceptors (Lipinski definition) is 3. The van der Waals surface area contributed by atoms with Crippen molar-refractivity contribution in [1.82, 2.24) is 9.97 Å². The molecule has 111 valence electrons. The molecule has 2 rings (SSSR count). The summed E-state index contributed by atoms with van der Waals surface area (Å²) in [6.45, 7) is 3.48. The number of ether oxygens (including phenoxy) is 1. The normalized spacial score (nSPS) is 11.5. The predicted molar refractivity (Wildman–Crippen MR) is 62.5 cm³/mol. The molecule has 0 fully saturated rings. The van der Waals surface area contributed by atoms with Gasteiger partial charge < -0.3 is 4.74 Å². The molecular weight excluding hydrogens is 295 g/mol. The molecule has 2 aromatic rings. The van der Waals surface area contributed by atoms with E-state index < -0.39 is 29.4 Å². The van der Waals surface area contributed by atoms with Crippen molar-refractivity contribution < 1.29 is 26.7 Å². The molecule has 0 N–H and O–H groups in total. The quantitative estimate of drug-likeness (QED) is 0.806. The molecule has 1 radical (unpaired) electrons. The summed E-state index contributed by atoms with van der Waals surface area (Å²) in [4.78, 5) is 6.05. The van der Waals surface area contributed by atoms with Crippen molar-refractivity contribution in [2.24, 2.45) is 0 Å². The van der Waals surface area contributed by atoms with Crippen LogP contribution in [0.3, 0.4) is 0 Å². The van der Waals surface area contributed by atoms with Gasteiger partial charge in [-0.25, -0.2) is 18.7 Å². The summed E-state index contributed by atoms with van der Waals surface area (Å²) in [5.41, 5.74) is 0.320. The molecule has 0 bridgehead atoms. The minimum atomic E-state index is -4.70. The highest BCUT2D eigenvalue weighted by molar-refractivity contribution is 5.34. The van der Waals surface area contributed by atoms with Gasteiger partial charge in [-0.2, -0.15) is 13.2 Å². The van der Waals surface area contributed by atoms with Crippen LogP contribution in [0.2, 0.25) is 0 Å². The molecule has 0 saturated carbocycles. The molecule has 0 aliphatic carbocycles. The second-order valence-electron chi connectivity index (χ2n) is 3.98. The van der Waals surface area contributed by atoms with Crippen LogP contribution >= 0.6 is 0 Å². The van der Waals surface area contributed by atoms with E-state index in [-0.39, 0.29) is 12.2 Å². The second-order valence-corrected chi connectivity index (χ2v) is 3.98. The summed E-state index contributed by atoms with van der Waals surface area (Å²) < 4.78 is 68.9. The highest BCUT2D eigenvalue weighted by Gasteiger charge is 2.34. The van der Waals surface area contributed by atoms with E-state index in [1.807, 2.05) is 0 Å². The Hall–Kier alpha value is -2.25. The second kappa shape index (κ2) is 5.63. The molecule has 0 atom stereocenters. The van der Waals surface area contributed by atoms with Crippen molar-refractivity contribution in [2.45, 2.75) is 12.6 Å². The van der Waals surface area contributed by atoms with Gasteiger partial charge in [0.1, 0.15) is 0 Å². The van der Waals surface area contributed by atoms with Gasteiger partial charge in [0.05, 0.1) is 12.4 Å².